The van der Waals surface area contributed by atoms with Gasteiger partial charge in [0.05, 0.1) is 22.7 Å². The average molecular weight is 314 g/mol. The highest BCUT2D eigenvalue weighted by Crippen LogP contribution is 2.40. The lowest BCUT2D eigenvalue weighted by Gasteiger charge is -2.12. The van der Waals surface area contributed by atoms with Crippen LogP contribution in [0.15, 0.2) is 6.07 Å². The van der Waals surface area contributed by atoms with Crippen LogP contribution in [0, 0.1) is 6.92 Å². The summed E-state index contributed by atoms with van der Waals surface area (Å²) < 4.78 is 7.35. The number of hydrogen-bond acceptors (Lipinski definition) is 4. The van der Waals surface area contributed by atoms with Crippen LogP contribution in [0.1, 0.15) is 53.3 Å². The fraction of sp³-hybridized carbons (Fsp3) is 0.588. The zero-order chi connectivity index (χ0) is 16.0. The summed E-state index contributed by atoms with van der Waals surface area (Å²) in [7, 11) is 1.88. The van der Waals surface area contributed by atoms with E-state index in [1.54, 1.807) is 4.68 Å². The van der Waals surface area contributed by atoms with Gasteiger partial charge in [0.2, 0.25) is 0 Å². The number of pyridine rings is 1. The summed E-state index contributed by atoms with van der Waals surface area (Å²) >= 11 is 0. The SMILES string of the molecule is Cc1nn(C)c2nc(C3CC3)cc(C(=O)NCC3CCCO3)c12. The molecule has 0 radical (unpaired) electrons. The molecule has 2 aromatic rings. The summed E-state index contributed by atoms with van der Waals surface area (Å²) in [5, 5.41) is 8.33. The Morgan fingerprint density at radius 1 is 1.43 bits per heavy atom. The number of hydrogen-bond donors (Lipinski definition) is 1. The second kappa shape index (κ2) is 5.60. The summed E-state index contributed by atoms with van der Waals surface area (Å²) in [6, 6.07) is 1.96. The maximum atomic E-state index is 12.7. The summed E-state index contributed by atoms with van der Waals surface area (Å²) in [6.07, 6.45) is 4.56. The van der Waals surface area contributed by atoms with E-state index in [1.807, 2.05) is 20.0 Å². The van der Waals surface area contributed by atoms with Gasteiger partial charge in [0, 0.05) is 31.8 Å². The Kier molecular flexibility index (Phi) is 3.56. The predicted molar refractivity (Wildman–Crippen MR) is 86.5 cm³/mol. The van der Waals surface area contributed by atoms with E-state index in [-0.39, 0.29) is 12.0 Å². The van der Waals surface area contributed by atoms with Gasteiger partial charge in [-0.1, -0.05) is 0 Å². The van der Waals surface area contributed by atoms with Crippen LogP contribution >= 0.6 is 0 Å². The molecule has 2 aliphatic rings. The van der Waals surface area contributed by atoms with Gasteiger partial charge in [-0.25, -0.2) is 4.98 Å². The monoisotopic (exact) mass is 314 g/mol. The lowest BCUT2D eigenvalue weighted by molar-refractivity contribution is 0.0859. The van der Waals surface area contributed by atoms with E-state index in [4.69, 9.17) is 9.72 Å². The van der Waals surface area contributed by atoms with Gasteiger partial charge in [-0.3, -0.25) is 9.48 Å². The first-order valence-electron chi connectivity index (χ1n) is 8.37. The van der Waals surface area contributed by atoms with Crippen molar-refractivity contribution in [2.45, 2.75) is 44.6 Å². The molecule has 23 heavy (non-hydrogen) atoms. The van der Waals surface area contributed by atoms with Gasteiger partial charge in [-0.2, -0.15) is 5.10 Å². The zero-order valence-corrected chi connectivity index (χ0v) is 13.6. The maximum absolute atomic E-state index is 12.7. The van der Waals surface area contributed by atoms with Crippen LogP contribution in [0.5, 0.6) is 0 Å². The van der Waals surface area contributed by atoms with Crippen molar-refractivity contribution in [1.29, 1.82) is 0 Å². The second-order valence-corrected chi connectivity index (χ2v) is 6.62. The number of carbonyl (C=O) groups is 1. The van der Waals surface area contributed by atoms with Gasteiger partial charge in [0.25, 0.3) is 5.91 Å². The smallest absolute Gasteiger partial charge is 0.252 e. The maximum Gasteiger partial charge on any atom is 0.252 e. The van der Waals surface area contributed by atoms with Crippen LogP contribution in [-0.4, -0.2) is 39.9 Å². The first-order chi connectivity index (χ1) is 11.1. The predicted octanol–water partition coefficient (Wildman–Crippen LogP) is 2.06. The normalized spacial score (nSPS) is 21.0. The molecule has 6 heteroatoms. The number of fused-ring (bicyclic) bond motifs is 1. The molecule has 1 N–H and O–H groups in total. The van der Waals surface area contributed by atoms with E-state index in [0.717, 1.165) is 54.7 Å². The Morgan fingerprint density at radius 2 is 2.26 bits per heavy atom. The molecule has 1 aliphatic heterocycles. The average Bonchev–Trinajstić information content (AvgIpc) is 3.19. The molecule has 4 rings (SSSR count). The van der Waals surface area contributed by atoms with Gasteiger partial charge in [0.1, 0.15) is 0 Å². The molecule has 2 fully saturated rings. The molecule has 1 saturated carbocycles. The Labute approximate surface area is 135 Å². The Morgan fingerprint density at radius 3 is 2.96 bits per heavy atom. The van der Waals surface area contributed by atoms with E-state index < -0.39 is 0 Å². The van der Waals surface area contributed by atoms with Crippen molar-refractivity contribution in [3.05, 3.63) is 23.0 Å². The highest BCUT2D eigenvalue weighted by molar-refractivity contribution is 6.06. The van der Waals surface area contributed by atoms with Crippen LogP contribution in [0.4, 0.5) is 0 Å². The van der Waals surface area contributed by atoms with Gasteiger partial charge < -0.3 is 10.1 Å². The van der Waals surface area contributed by atoms with Crippen molar-refractivity contribution in [2.24, 2.45) is 7.05 Å². The minimum Gasteiger partial charge on any atom is -0.376 e. The van der Waals surface area contributed by atoms with Crippen LogP contribution in [0.25, 0.3) is 11.0 Å². The van der Waals surface area contributed by atoms with Gasteiger partial charge >= 0.3 is 0 Å². The number of aromatic nitrogens is 3. The fourth-order valence-corrected chi connectivity index (χ4v) is 3.34. The molecule has 0 aromatic carbocycles. The summed E-state index contributed by atoms with van der Waals surface area (Å²) in [4.78, 5) is 17.5. The van der Waals surface area contributed by atoms with E-state index >= 15 is 0 Å². The van der Waals surface area contributed by atoms with E-state index in [0.29, 0.717) is 18.0 Å². The van der Waals surface area contributed by atoms with Crippen LogP contribution < -0.4 is 5.32 Å². The lowest BCUT2D eigenvalue weighted by Crippen LogP contribution is -2.32. The standard InChI is InChI=1S/C17H22N4O2/c1-10-15-13(17(22)18-9-12-4-3-7-23-12)8-14(11-5-6-11)19-16(15)21(2)20-10/h8,11-12H,3-7,9H2,1-2H3,(H,18,22). The quantitative estimate of drug-likeness (QED) is 0.938. The molecule has 1 amide bonds. The number of carbonyl (C=O) groups excluding carboxylic acids is 1. The van der Waals surface area contributed by atoms with Crippen molar-refractivity contribution in [3.63, 3.8) is 0 Å². The van der Waals surface area contributed by atoms with Crippen molar-refractivity contribution in [3.8, 4) is 0 Å². The third-order valence-electron chi connectivity index (χ3n) is 4.74. The van der Waals surface area contributed by atoms with E-state index in [9.17, 15) is 4.79 Å². The topological polar surface area (TPSA) is 69.0 Å². The highest BCUT2D eigenvalue weighted by atomic mass is 16.5. The number of ether oxygens (including phenoxy) is 1. The molecule has 122 valence electrons. The molecule has 3 heterocycles. The van der Waals surface area contributed by atoms with E-state index in [1.165, 1.54) is 0 Å². The second-order valence-electron chi connectivity index (χ2n) is 6.62. The molecule has 2 aromatic heterocycles. The molecule has 1 aliphatic carbocycles. The van der Waals surface area contributed by atoms with Gasteiger partial charge in [-0.05, 0) is 38.7 Å². The van der Waals surface area contributed by atoms with Crippen molar-refractivity contribution < 1.29 is 9.53 Å². The minimum atomic E-state index is -0.0501. The fourth-order valence-electron chi connectivity index (χ4n) is 3.34. The first kappa shape index (κ1) is 14.6. The van der Waals surface area contributed by atoms with Crippen LogP contribution in [-0.2, 0) is 11.8 Å². The molecule has 6 nitrogen and oxygen atoms in total. The van der Waals surface area contributed by atoms with Gasteiger partial charge in [-0.15, -0.1) is 0 Å². The first-order valence-corrected chi connectivity index (χ1v) is 8.37. The number of nitrogens with one attached hydrogen (secondary N) is 1. The molecule has 0 spiro atoms. The molecule has 1 saturated heterocycles. The van der Waals surface area contributed by atoms with Crippen molar-refractivity contribution in [1.82, 2.24) is 20.1 Å². The Balaban J connectivity index is 1.67. The largest absolute Gasteiger partial charge is 0.376 e. The number of amides is 1. The van der Waals surface area contributed by atoms with Crippen LogP contribution in [0.3, 0.4) is 0 Å². The third-order valence-corrected chi connectivity index (χ3v) is 4.74. The Hall–Kier alpha value is -1.95. The molecular formula is C17H22N4O2. The molecule has 0 bridgehead atoms. The van der Waals surface area contributed by atoms with E-state index in [2.05, 4.69) is 10.4 Å². The molecule has 1 atom stereocenters. The zero-order valence-electron chi connectivity index (χ0n) is 13.6. The summed E-state index contributed by atoms with van der Waals surface area (Å²) in [6.45, 7) is 3.30. The van der Waals surface area contributed by atoms with Crippen molar-refractivity contribution >= 4 is 16.9 Å². The summed E-state index contributed by atoms with van der Waals surface area (Å²) in [5.41, 5.74) is 3.36. The minimum absolute atomic E-state index is 0.0501. The van der Waals surface area contributed by atoms with Crippen molar-refractivity contribution in [2.75, 3.05) is 13.2 Å². The molecular weight excluding hydrogens is 292 g/mol. The van der Waals surface area contributed by atoms with Gasteiger partial charge in [0.15, 0.2) is 5.65 Å². The Bertz CT molecular complexity index is 758. The number of rotatable bonds is 4. The highest BCUT2D eigenvalue weighted by Gasteiger charge is 2.28. The number of nitrogens with zero attached hydrogens (tertiary/aromatic N) is 3. The number of aryl methyl sites for hydroxylation is 2. The van der Waals surface area contributed by atoms with Crippen LogP contribution in [0.2, 0.25) is 0 Å². The lowest BCUT2D eigenvalue weighted by atomic mass is 10.1. The third kappa shape index (κ3) is 2.72. The summed E-state index contributed by atoms with van der Waals surface area (Å²) in [5.74, 6) is 0.449. The molecule has 1 unspecified atom stereocenters.